The smallest absolute Gasteiger partial charge is 0.262 e. The Labute approximate surface area is 157 Å². The third-order valence-corrected chi connectivity index (χ3v) is 4.32. The minimum absolute atomic E-state index is 0.182. The van der Waals surface area contributed by atoms with E-state index >= 15 is 0 Å². The molecule has 1 amide bonds. The summed E-state index contributed by atoms with van der Waals surface area (Å²) in [5.41, 5.74) is 4.36. The van der Waals surface area contributed by atoms with Gasteiger partial charge in [-0.1, -0.05) is 67.1 Å². The summed E-state index contributed by atoms with van der Waals surface area (Å²) in [6, 6.07) is 21.0. The number of fused-ring (bicyclic) bond motifs is 1. The fraction of sp³-hybridized carbons (Fsp3) is 0.143. The summed E-state index contributed by atoms with van der Waals surface area (Å²) in [5, 5.41) is 10.2. The quantitative estimate of drug-likeness (QED) is 0.485. The first-order chi connectivity index (χ1) is 12.7. The van der Waals surface area contributed by atoms with E-state index in [-0.39, 0.29) is 11.9 Å². The van der Waals surface area contributed by atoms with Crippen LogP contribution in [0.3, 0.4) is 0 Å². The average Bonchev–Trinajstić information content (AvgIpc) is 2.66. The Hall–Kier alpha value is -2.85. The number of halogens is 1. The van der Waals surface area contributed by atoms with E-state index in [0.717, 1.165) is 22.0 Å². The number of anilines is 1. The molecule has 0 heterocycles. The molecular formula is C21H20ClN3O. The molecule has 0 spiro atoms. The lowest BCUT2D eigenvalue weighted by atomic mass is 10.1. The molecule has 3 aromatic carbocycles. The fourth-order valence-electron chi connectivity index (χ4n) is 2.73. The highest BCUT2D eigenvalue weighted by molar-refractivity contribution is 6.30. The molecule has 4 nitrogen and oxygen atoms in total. The minimum atomic E-state index is -0.377. The van der Waals surface area contributed by atoms with Gasteiger partial charge in [-0.2, -0.15) is 5.10 Å². The van der Waals surface area contributed by atoms with Gasteiger partial charge >= 0.3 is 0 Å². The fourth-order valence-corrected chi connectivity index (χ4v) is 2.93. The molecule has 0 saturated carbocycles. The number of carbonyl (C=O) groups is 1. The monoisotopic (exact) mass is 365 g/mol. The standard InChI is InChI=1S/C21H20ClN3O/c1-2-19(21(26)25-23-14-15-7-5-10-17(22)13-15)24-20-12-6-9-16-8-3-4-11-18(16)20/h3-14,19,24H,2H2,1H3,(H,25,26)/b23-14+. The van der Waals surface area contributed by atoms with Crippen LogP contribution in [0.4, 0.5) is 5.69 Å². The van der Waals surface area contributed by atoms with Crippen molar-refractivity contribution in [2.75, 3.05) is 5.32 Å². The molecule has 3 aromatic rings. The average molecular weight is 366 g/mol. The normalized spacial score (nSPS) is 12.2. The van der Waals surface area contributed by atoms with E-state index in [1.165, 1.54) is 0 Å². The SMILES string of the molecule is CCC(Nc1cccc2ccccc12)C(=O)N/N=C/c1cccc(Cl)c1. The van der Waals surface area contributed by atoms with E-state index in [1.807, 2.05) is 49.4 Å². The van der Waals surface area contributed by atoms with Crippen LogP contribution in [0.25, 0.3) is 10.8 Å². The van der Waals surface area contributed by atoms with Gasteiger partial charge in [0.15, 0.2) is 0 Å². The molecule has 2 N–H and O–H groups in total. The van der Waals surface area contributed by atoms with Crippen LogP contribution in [0.1, 0.15) is 18.9 Å². The number of rotatable bonds is 6. The van der Waals surface area contributed by atoms with Crippen molar-refractivity contribution < 1.29 is 4.79 Å². The molecular weight excluding hydrogens is 346 g/mol. The van der Waals surface area contributed by atoms with Crippen molar-refractivity contribution in [3.63, 3.8) is 0 Å². The van der Waals surface area contributed by atoms with Crippen molar-refractivity contribution in [2.24, 2.45) is 5.10 Å². The van der Waals surface area contributed by atoms with Gasteiger partial charge in [-0.05, 0) is 35.6 Å². The number of carbonyl (C=O) groups excluding carboxylic acids is 1. The van der Waals surface area contributed by atoms with E-state index in [9.17, 15) is 4.79 Å². The molecule has 0 aliphatic rings. The van der Waals surface area contributed by atoms with Gasteiger partial charge in [0.1, 0.15) is 6.04 Å². The summed E-state index contributed by atoms with van der Waals surface area (Å²) in [7, 11) is 0. The van der Waals surface area contributed by atoms with Gasteiger partial charge in [0.25, 0.3) is 5.91 Å². The Morgan fingerprint density at radius 1 is 1.12 bits per heavy atom. The third-order valence-electron chi connectivity index (χ3n) is 4.08. The van der Waals surface area contributed by atoms with Crippen molar-refractivity contribution in [3.8, 4) is 0 Å². The number of nitrogens with one attached hydrogen (secondary N) is 2. The lowest BCUT2D eigenvalue weighted by Crippen LogP contribution is -2.36. The molecule has 26 heavy (non-hydrogen) atoms. The second-order valence-corrected chi connectivity index (χ2v) is 6.36. The number of hydrazone groups is 1. The first-order valence-electron chi connectivity index (χ1n) is 8.50. The summed E-state index contributed by atoms with van der Waals surface area (Å²) in [6.45, 7) is 1.96. The first kappa shape index (κ1) is 18.0. The number of amides is 1. The van der Waals surface area contributed by atoms with Crippen LogP contribution >= 0.6 is 11.6 Å². The molecule has 5 heteroatoms. The second-order valence-electron chi connectivity index (χ2n) is 5.92. The van der Waals surface area contributed by atoms with Crippen molar-refractivity contribution in [3.05, 3.63) is 77.3 Å². The molecule has 132 valence electrons. The highest BCUT2D eigenvalue weighted by atomic mass is 35.5. The minimum Gasteiger partial charge on any atom is -0.373 e. The molecule has 0 bridgehead atoms. The number of nitrogens with zero attached hydrogens (tertiary/aromatic N) is 1. The molecule has 0 aliphatic carbocycles. The maximum atomic E-state index is 12.5. The molecule has 0 aromatic heterocycles. The third kappa shape index (κ3) is 4.41. The Balaban J connectivity index is 1.69. The number of benzene rings is 3. The zero-order chi connectivity index (χ0) is 18.4. The number of hydrogen-bond donors (Lipinski definition) is 2. The van der Waals surface area contributed by atoms with Gasteiger partial charge in [-0.15, -0.1) is 0 Å². The lowest BCUT2D eigenvalue weighted by molar-refractivity contribution is -0.121. The number of hydrogen-bond acceptors (Lipinski definition) is 3. The van der Waals surface area contributed by atoms with Gasteiger partial charge in [-0.25, -0.2) is 5.43 Å². The lowest BCUT2D eigenvalue weighted by Gasteiger charge is -2.18. The Morgan fingerprint density at radius 2 is 1.88 bits per heavy atom. The van der Waals surface area contributed by atoms with Crippen LogP contribution in [-0.4, -0.2) is 18.2 Å². The van der Waals surface area contributed by atoms with Crippen molar-refractivity contribution in [1.82, 2.24) is 5.43 Å². The molecule has 0 radical (unpaired) electrons. The summed E-state index contributed by atoms with van der Waals surface area (Å²) < 4.78 is 0. The second kappa shape index (κ2) is 8.50. The van der Waals surface area contributed by atoms with E-state index < -0.39 is 0 Å². The van der Waals surface area contributed by atoms with Crippen LogP contribution in [0, 0.1) is 0 Å². The maximum absolute atomic E-state index is 12.5. The van der Waals surface area contributed by atoms with Crippen LogP contribution in [0.2, 0.25) is 5.02 Å². The predicted molar refractivity (Wildman–Crippen MR) is 109 cm³/mol. The predicted octanol–water partition coefficient (Wildman–Crippen LogP) is 4.83. The molecule has 1 atom stereocenters. The van der Waals surface area contributed by atoms with Crippen LogP contribution in [0.15, 0.2) is 71.8 Å². The van der Waals surface area contributed by atoms with E-state index in [2.05, 4.69) is 28.0 Å². The van der Waals surface area contributed by atoms with Crippen LogP contribution in [0.5, 0.6) is 0 Å². The van der Waals surface area contributed by atoms with Crippen LogP contribution < -0.4 is 10.7 Å². The van der Waals surface area contributed by atoms with Gasteiger partial charge in [0, 0.05) is 16.1 Å². The van der Waals surface area contributed by atoms with E-state index in [0.29, 0.717) is 11.4 Å². The van der Waals surface area contributed by atoms with E-state index in [1.54, 1.807) is 18.3 Å². The van der Waals surface area contributed by atoms with E-state index in [4.69, 9.17) is 11.6 Å². The zero-order valence-electron chi connectivity index (χ0n) is 14.4. The topological polar surface area (TPSA) is 53.5 Å². The molecule has 0 saturated heterocycles. The van der Waals surface area contributed by atoms with Gasteiger partial charge in [0.05, 0.1) is 6.21 Å². The largest absolute Gasteiger partial charge is 0.373 e. The molecule has 0 aliphatic heterocycles. The van der Waals surface area contributed by atoms with Crippen molar-refractivity contribution in [2.45, 2.75) is 19.4 Å². The molecule has 3 rings (SSSR count). The highest BCUT2D eigenvalue weighted by Crippen LogP contribution is 2.24. The zero-order valence-corrected chi connectivity index (χ0v) is 15.2. The van der Waals surface area contributed by atoms with Gasteiger partial charge in [0.2, 0.25) is 0 Å². The first-order valence-corrected chi connectivity index (χ1v) is 8.88. The van der Waals surface area contributed by atoms with Gasteiger partial charge < -0.3 is 5.32 Å². The maximum Gasteiger partial charge on any atom is 0.262 e. The van der Waals surface area contributed by atoms with Gasteiger partial charge in [-0.3, -0.25) is 4.79 Å². The molecule has 0 fully saturated rings. The van der Waals surface area contributed by atoms with Crippen molar-refractivity contribution >= 4 is 40.2 Å². The summed E-state index contributed by atoms with van der Waals surface area (Å²) in [4.78, 5) is 12.5. The highest BCUT2D eigenvalue weighted by Gasteiger charge is 2.16. The Kier molecular flexibility index (Phi) is 5.87. The Morgan fingerprint density at radius 3 is 2.69 bits per heavy atom. The molecule has 1 unspecified atom stereocenters. The summed E-state index contributed by atoms with van der Waals surface area (Å²) in [5.74, 6) is -0.182. The van der Waals surface area contributed by atoms with Crippen molar-refractivity contribution in [1.29, 1.82) is 0 Å². The summed E-state index contributed by atoms with van der Waals surface area (Å²) >= 11 is 5.94. The summed E-state index contributed by atoms with van der Waals surface area (Å²) in [6.07, 6.45) is 2.22. The van der Waals surface area contributed by atoms with Crippen LogP contribution in [-0.2, 0) is 4.79 Å². The Bertz CT molecular complexity index is 934.